The molecule has 0 saturated carbocycles. The van der Waals surface area contributed by atoms with Crippen LogP contribution in [0.3, 0.4) is 0 Å². The Morgan fingerprint density at radius 1 is 0.549 bits per heavy atom. The zero-order valence-corrected chi connectivity index (χ0v) is 29.3. The molecule has 0 saturated heterocycles. The first-order valence-electron chi connectivity index (χ1n) is 18.0. The zero-order valence-electron chi connectivity index (χ0n) is 29.3. The quantitative estimate of drug-likeness (QED) is 0.178. The predicted octanol–water partition coefficient (Wildman–Crippen LogP) is 13.3. The molecule has 0 N–H and O–H groups in total. The second-order valence-electron chi connectivity index (χ2n) is 14.6. The van der Waals surface area contributed by atoms with Crippen molar-refractivity contribution < 1.29 is 4.48 Å². The van der Waals surface area contributed by atoms with E-state index in [4.69, 9.17) is 0 Å². The molecular formula is C48H37FN2. The van der Waals surface area contributed by atoms with Gasteiger partial charge in [-0.25, -0.2) is 0 Å². The Morgan fingerprint density at radius 3 is 2.00 bits per heavy atom. The molecule has 1 aliphatic rings. The molecule has 0 amide bonds. The molecule has 0 aliphatic heterocycles. The third kappa shape index (κ3) is 4.09. The molecule has 246 valence electrons. The maximum atomic E-state index is 16.4. The van der Waals surface area contributed by atoms with Crippen LogP contribution in [0.25, 0.3) is 76.8 Å². The van der Waals surface area contributed by atoms with Gasteiger partial charge in [0.05, 0.1) is 22.1 Å². The van der Waals surface area contributed by atoms with E-state index in [0.29, 0.717) is 11.0 Å². The lowest BCUT2D eigenvalue weighted by atomic mass is 9.79. The molecule has 10 rings (SSSR count). The first kappa shape index (κ1) is 29.9. The lowest BCUT2D eigenvalue weighted by molar-refractivity contribution is 0.405. The predicted molar refractivity (Wildman–Crippen MR) is 214 cm³/mol. The third-order valence-electron chi connectivity index (χ3n) is 11.6. The highest BCUT2D eigenvalue weighted by atomic mass is 19.2. The number of para-hydroxylation sites is 2. The van der Waals surface area contributed by atoms with Gasteiger partial charge >= 0.3 is 0 Å². The third-order valence-corrected chi connectivity index (χ3v) is 11.6. The summed E-state index contributed by atoms with van der Waals surface area (Å²) in [6.07, 6.45) is 0.937. The molecule has 2 heterocycles. The first-order chi connectivity index (χ1) is 24.9. The summed E-state index contributed by atoms with van der Waals surface area (Å²) in [4.78, 5) is 0.900. The molecule has 2 nitrogen and oxygen atoms in total. The van der Waals surface area contributed by atoms with Crippen LogP contribution in [-0.4, -0.2) is 9.36 Å². The molecule has 0 radical (unpaired) electrons. The maximum absolute atomic E-state index is 16.4. The number of aromatic nitrogens is 2. The molecule has 2 aromatic heterocycles. The summed E-state index contributed by atoms with van der Waals surface area (Å²) >= 11 is 0. The molecule has 7 aromatic carbocycles. The Morgan fingerprint density at radius 2 is 1.22 bits per heavy atom. The number of allylic oxidation sites excluding steroid dienone is 1. The highest BCUT2D eigenvalue weighted by Crippen LogP contribution is 2.52. The summed E-state index contributed by atoms with van der Waals surface area (Å²) in [6.45, 7) is 9.02. The smallest absolute Gasteiger partial charge is 0.0829 e. The van der Waals surface area contributed by atoms with E-state index in [0.717, 1.165) is 38.8 Å². The summed E-state index contributed by atoms with van der Waals surface area (Å²) in [6, 6.07) is 49.7. The van der Waals surface area contributed by atoms with E-state index in [1.807, 2.05) is 6.07 Å². The zero-order chi connectivity index (χ0) is 34.6. The maximum Gasteiger partial charge on any atom is 0.0829 e. The molecule has 0 fully saturated rings. The van der Waals surface area contributed by atoms with Crippen molar-refractivity contribution in [3.63, 3.8) is 0 Å². The molecule has 9 aromatic rings. The average Bonchev–Trinajstić information content (AvgIpc) is 3.72. The van der Waals surface area contributed by atoms with Gasteiger partial charge in [-0.2, -0.15) is 4.79 Å². The van der Waals surface area contributed by atoms with Gasteiger partial charge in [0.25, 0.3) is 0 Å². The van der Waals surface area contributed by atoms with Gasteiger partial charge in [0.2, 0.25) is 0 Å². The topological polar surface area (TPSA) is 9.86 Å². The lowest BCUT2D eigenvalue weighted by Gasteiger charge is -2.24. The van der Waals surface area contributed by atoms with Crippen molar-refractivity contribution in [1.29, 1.82) is 0 Å². The van der Waals surface area contributed by atoms with Gasteiger partial charge in [0.1, 0.15) is 0 Å². The van der Waals surface area contributed by atoms with Crippen LogP contribution in [0.2, 0.25) is 0 Å². The fourth-order valence-electron chi connectivity index (χ4n) is 9.24. The van der Waals surface area contributed by atoms with Crippen LogP contribution < -0.4 is 0 Å². The van der Waals surface area contributed by atoms with E-state index in [2.05, 4.69) is 166 Å². The summed E-state index contributed by atoms with van der Waals surface area (Å²) in [7, 11) is 0. The van der Waals surface area contributed by atoms with Crippen molar-refractivity contribution in [2.75, 3.05) is 0 Å². The molecule has 0 spiro atoms. The molecule has 0 bridgehead atoms. The summed E-state index contributed by atoms with van der Waals surface area (Å²) in [5.41, 5.74) is 14.4. The first-order valence-corrected chi connectivity index (χ1v) is 18.0. The standard InChI is InChI=1S/C48H37FN2/c1-5-41-46(32-18-10-9-15-29(32)2)40-27-38-37-25-30(23-24-44(37)51(49)45(38)28-42(40)48(41,3)4)36-26-39-34-20-13-14-22-43(34)50(31-16-7-6-8-17-31)47(39)35-21-12-11-19-33(35)36/h6-28H,5H2,1-4H3. The van der Waals surface area contributed by atoms with Crippen LogP contribution in [0.5, 0.6) is 0 Å². The fourth-order valence-corrected chi connectivity index (χ4v) is 9.24. The van der Waals surface area contributed by atoms with Crippen molar-refractivity contribution in [2.45, 2.75) is 39.5 Å². The number of nitrogens with zero attached hydrogens (tertiary/aromatic N) is 2. The largest absolute Gasteiger partial charge is 0.309 e. The molecular weight excluding hydrogens is 624 g/mol. The minimum Gasteiger partial charge on any atom is -0.309 e. The van der Waals surface area contributed by atoms with Gasteiger partial charge in [-0.1, -0.05) is 122 Å². The summed E-state index contributed by atoms with van der Waals surface area (Å²) in [5.74, 6) is 0. The SMILES string of the molecule is CCC1=C(c2ccccc2C)c2cc3c4cc(-c5cc6c7ccccc7n(-c7ccccc7)c6c6ccccc56)ccc4n(F)c3cc2C1(C)C. The van der Waals surface area contributed by atoms with Crippen LogP contribution in [0, 0.1) is 6.92 Å². The van der Waals surface area contributed by atoms with E-state index >= 15 is 4.48 Å². The normalized spacial score (nSPS) is 14.1. The number of fused-ring (bicyclic) bond motifs is 9. The number of benzene rings is 7. The van der Waals surface area contributed by atoms with Gasteiger partial charge in [0.15, 0.2) is 0 Å². The van der Waals surface area contributed by atoms with Crippen molar-refractivity contribution in [1.82, 2.24) is 9.36 Å². The Balaban J connectivity index is 1.26. The number of hydrogen-bond acceptors (Lipinski definition) is 0. The van der Waals surface area contributed by atoms with E-state index in [1.165, 1.54) is 66.0 Å². The van der Waals surface area contributed by atoms with E-state index in [1.54, 1.807) is 0 Å². The molecule has 1 aliphatic carbocycles. The average molecular weight is 661 g/mol. The van der Waals surface area contributed by atoms with E-state index in [9.17, 15) is 0 Å². The van der Waals surface area contributed by atoms with Crippen molar-refractivity contribution >= 4 is 60.0 Å². The van der Waals surface area contributed by atoms with Crippen molar-refractivity contribution in [2.24, 2.45) is 0 Å². The number of rotatable bonds is 4. The van der Waals surface area contributed by atoms with Gasteiger partial charge in [0, 0.05) is 38.0 Å². The van der Waals surface area contributed by atoms with Gasteiger partial charge < -0.3 is 4.57 Å². The van der Waals surface area contributed by atoms with Gasteiger partial charge in [-0.15, -0.1) is 0 Å². The number of halogens is 1. The second-order valence-corrected chi connectivity index (χ2v) is 14.6. The molecule has 51 heavy (non-hydrogen) atoms. The summed E-state index contributed by atoms with van der Waals surface area (Å²) in [5, 5.41) is 6.65. The minimum atomic E-state index is -0.204. The van der Waals surface area contributed by atoms with Gasteiger partial charge in [-0.05, 0) is 106 Å². The van der Waals surface area contributed by atoms with Crippen LogP contribution in [0.15, 0.2) is 145 Å². The highest BCUT2D eigenvalue weighted by Gasteiger charge is 2.38. The van der Waals surface area contributed by atoms with Crippen LogP contribution in [-0.2, 0) is 5.41 Å². The van der Waals surface area contributed by atoms with E-state index in [-0.39, 0.29) is 5.41 Å². The Bertz CT molecular complexity index is 2940. The van der Waals surface area contributed by atoms with Crippen molar-refractivity contribution in [3.8, 4) is 16.8 Å². The van der Waals surface area contributed by atoms with Crippen molar-refractivity contribution in [3.05, 3.63) is 167 Å². The monoisotopic (exact) mass is 660 g/mol. The molecule has 3 heteroatoms. The summed E-state index contributed by atoms with van der Waals surface area (Å²) < 4.78 is 18.8. The van der Waals surface area contributed by atoms with Gasteiger partial charge in [-0.3, -0.25) is 0 Å². The Labute approximate surface area is 296 Å². The highest BCUT2D eigenvalue weighted by molar-refractivity contribution is 6.22. The van der Waals surface area contributed by atoms with Crippen LogP contribution >= 0.6 is 0 Å². The molecule has 0 atom stereocenters. The second kappa shape index (κ2) is 10.8. The Kier molecular flexibility index (Phi) is 6.33. The molecule has 0 unspecified atom stereocenters. The fraction of sp³-hybridized carbons (Fsp3) is 0.125. The lowest BCUT2D eigenvalue weighted by Crippen LogP contribution is -2.17. The number of hydrogen-bond donors (Lipinski definition) is 0. The minimum absolute atomic E-state index is 0.204. The van der Waals surface area contributed by atoms with Crippen LogP contribution in [0.1, 0.15) is 49.4 Å². The van der Waals surface area contributed by atoms with Crippen LogP contribution in [0.4, 0.5) is 4.48 Å². The number of aryl methyl sites for hydroxylation is 1. The van der Waals surface area contributed by atoms with E-state index < -0.39 is 0 Å². The Hall–Kier alpha value is -5.93.